The van der Waals surface area contributed by atoms with Crippen LogP contribution >= 0.6 is 23.4 Å². The minimum absolute atomic E-state index is 0.0972. The molecule has 0 bridgehead atoms. The Kier molecular flexibility index (Phi) is 7.71. The van der Waals surface area contributed by atoms with Crippen molar-refractivity contribution >= 4 is 40.2 Å². The van der Waals surface area contributed by atoms with Crippen LogP contribution in [0.15, 0.2) is 71.1 Å². The first-order valence-corrected chi connectivity index (χ1v) is 11.1. The maximum absolute atomic E-state index is 12.8. The van der Waals surface area contributed by atoms with Gasteiger partial charge >= 0.3 is 0 Å². The van der Waals surface area contributed by atoms with Crippen molar-refractivity contribution in [1.82, 2.24) is 14.9 Å². The van der Waals surface area contributed by atoms with Gasteiger partial charge in [0.15, 0.2) is 5.16 Å². The van der Waals surface area contributed by atoms with Crippen molar-refractivity contribution in [2.24, 2.45) is 0 Å². The first-order valence-electron chi connectivity index (χ1n) is 9.79. The number of hydrogen-bond donors (Lipinski definition) is 1. The monoisotopic (exact) mass is 441 g/mol. The Morgan fingerprint density at radius 2 is 2.07 bits per heavy atom. The molecule has 0 saturated carbocycles. The van der Waals surface area contributed by atoms with E-state index in [0.29, 0.717) is 34.2 Å². The van der Waals surface area contributed by atoms with E-state index in [1.54, 1.807) is 24.3 Å². The molecular formula is C23H24ClN3O2S. The molecule has 0 spiro atoms. The summed E-state index contributed by atoms with van der Waals surface area (Å²) in [5.41, 5.74) is 1.56. The third-order valence-corrected chi connectivity index (χ3v) is 6.05. The zero-order chi connectivity index (χ0) is 21.5. The number of nitrogens with zero attached hydrogens (tertiary/aromatic N) is 2. The average Bonchev–Trinajstić information content (AvgIpc) is 2.75. The molecule has 7 heteroatoms. The Balaban J connectivity index is 1.71. The number of carbonyl (C=O) groups is 1. The highest BCUT2D eigenvalue weighted by atomic mass is 35.5. The van der Waals surface area contributed by atoms with Crippen LogP contribution in [0.2, 0.25) is 5.02 Å². The van der Waals surface area contributed by atoms with Crippen LogP contribution in [0.5, 0.6) is 0 Å². The third-order valence-electron chi connectivity index (χ3n) is 4.84. The quantitative estimate of drug-likeness (QED) is 0.298. The van der Waals surface area contributed by atoms with Crippen LogP contribution in [0.1, 0.15) is 24.8 Å². The molecule has 1 aromatic heterocycles. The van der Waals surface area contributed by atoms with Gasteiger partial charge in [-0.3, -0.25) is 14.2 Å². The number of benzene rings is 2. The zero-order valence-corrected chi connectivity index (χ0v) is 18.4. The highest BCUT2D eigenvalue weighted by Gasteiger charge is 2.14. The van der Waals surface area contributed by atoms with Gasteiger partial charge in [0.2, 0.25) is 5.91 Å². The topological polar surface area (TPSA) is 64.0 Å². The van der Waals surface area contributed by atoms with Crippen molar-refractivity contribution in [2.45, 2.75) is 31.0 Å². The standard InChI is InChI=1S/C23H24ClN3O2S/c1-3-12-27-22(29)19-11-10-18(24)13-20(19)26-23(27)30-15-21(28)25-14-16(4-2)17-8-6-5-7-9-17/h3,5-11,13,16H,1,4,12,14-15H2,2H3,(H,25,28)/t16-/m0/s1. The largest absolute Gasteiger partial charge is 0.355 e. The van der Waals surface area contributed by atoms with Crippen LogP contribution in [-0.4, -0.2) is 27.8 Å². The lowest BCUT2D eigenvalue weighted by Crippen LogP contribution is -2.30. The summed E-state index contributed by atoms with van der Waals surface area (Å²) >= 11 is 7.28. The number of halogens is 1. The van der Waals surface area contributed by atoms with Crippen molar-refractivity contribution in [3.63, 3.8) is 0 Å². The molecule has 1 N–H and O–H groups in total. The van der Waals surface area contributed by atoms with Gasteiger partial charge in [-0.1, -0.05) is 66.7 Å². The highest BCUT2D eigenvalue weighted by molar-refractivity contribution is 7.99. The summed E-state index contributed by atoms with van der Waals surface area (Å²) in [6.45, 7) is 6.71. The SMILES string of the molecule is C=CCn1c(SCC(=O)NC[C@H](CC)c2ccccc2)nc2cc(Cl)ccc2c1=O. The van der Waals surface area contributed by atoms with Crippen LogP contribution in [0.25, 0.3) is 10.9 Å². The molecule has 1 amide bonds. The van der Waals surface area contributed by atoms with Crippen LogP contribution in [0.4, 0.5) is 0 Å². The molecule has 156 valence electrons. The maximum Gasteiger partial charge on any atom is 0.262 e. The lowest BCUT2D eigenvalue weighted by molar-refractivity contribution is -0.118. The second kappa shape index (κ2) is 10.5. The lowest BCUT2D eigenvalue weighted by atomic mass is 9.96. The molecule has 0 fully saturated rings. The number of carbonyl (C=O) groups excluding carboxylic acids is 1. The van der Waals surface area contributed by atoms with Gasteiger partial charge in [0.05, 0.1) is 16.7 Å². The summed E-state index contributed by atoms with van der Waals surface area (Å²) in [5, 5.41) is 4.47. The Labute approximate surface area is 185 Å². The smallest absolute Gasteiger partial charge is 0.262 e. The van der Waals surface area contributed by atoms with Gasteiger partial charge in [0.1, 0.15) is 0 Å². The Morgan fingerprint density at radius 1 is 1.30 bits per heavy atom. The fourth-order valence-corrected chi connectivity index (χ4v) is 4.22. The Bertz CT molecular complexity index is 1100. The molecule has 0 aliphatic rings. The summed E-state index contributed by atoms with van der Waals surface area (Å²) in [6, 6.07) is 15.1. The molecule has 2 aromatic carbocycles. The van der Waals surface area contributed by atoms with E-state index >= 15 is 0 Å². The third kappa shape index (κ3) is 5.32. The van der Waals surface area contributed by atoms with E-state index in [-0.39, 0.29) is 23.1 Å². The van der Waals surface area contributed by atoms with Crippen molar-refractivity contribution in [3.05, 3.63) is 82.1 Å². The molecule has 0 aliphatic carbocycles. The fourth-order valence-electron chi connectivity index (χ4n) is 3.22. The van der Waals surface area contributed by atoms with E-state index < -0.39 is 0 Å². The molecule has 1 heterocycles. The van der Waals surface area contributed by atoms with Gasteiger partial charge in [-0.15, -0.1) is 6.58 Å². The van der Waals surface area contributed by atoms with E-state index in [1.807, 2.05) is 18.2 Å². The number of allylic oxidation sites excluding steroid dienone is 1. The van der Waals surface area contributed by atoms with E-state index in [0.717, 1.165) is 6.42 Å². The van der Waals surface area contributed by atoms with Gasteiger partial charge < -0.3 is 5.32 Å². The van der Waals surface area contributed by atoms with Gasteiger partial charge in [-0.25, -0.2) is 4.98 Å². The molecule has 0 aliphatic heterocycles. The summed E-state index contributed by atoms with van der Waals surface area (Å²) in [7, 11) is 0. The van der Waals surface area contributed by atoms with Gasteiger partial charge in [0.25, 0.3) is 5.56 Å². The summed E-state index contributed by atoms with van der Waals surface area (Å²) < 4.78 is 1.53. The number of amides is 1. The van der Waals surface area contributed by atoms with E-state index in [1.165, 1.54) is 21.9 Å². The Hall–Kier alpha value is -2.57. The summed E-state index contributed by atoms with van der Waals surface area (Å²) in [5.74, 6) is 0.334. The van der Waals surface area contributed by atoms with Crippen LogP contribution < -0.4 is 10.9 Å². The fraction of sp³-hybridized carbons (Fsp3) is 0.261. The van der Waals surface area contributed by atoms with Crippen molar-refractivity contribution in [1.29, 1.82) is 0 Å². The predicted octanol–water partition coefficient (Wildman–Crippen LogP) is 4.64. The number of aromatic nitrogens is 2. The maximum atomic E-state index is 12.8. The Morgan fingerprint density at radius 3 is 2.77 bits per heavy atom. The first-order chi connectivity index (χ1) is 14.5. The number of nitrogens with one attached hydrogen (secondary N) is 1. The molecule has 5 nitrogen and oxygen atoms in total. The molecular weight excluding hydrogens is 418 g/mol. The molecule has 3 aromatic rings. The van der Waals surface area contributed by atoms with Crippen molar-refractivity contribution in [3.8, 4) is 0 Å². The van der Waals surface area contributed by atoms with E-state index in [9.17, 15) is 9.59 Å². The van der Waals surface area contributed by atoms with Gasteiger partial charge in [-0.2, -0.15) is 0 Å². The predicted molar refractivity (Wildman–Crippen MR) is 124 cm³/mol. The van der Waals surface area contributed by atoms with Crippen LogP contribution in [-0.2, 0) is 11.3 Å². The number of thioether (sulfide) groups is 1. The molecule has 1 atom stereocenters. The first kappa shape index (κ1) is 22.1. The van der Waals surface area contributed by atoms with Crippen LogP contribution in [0, 0.1) is 0 Å². The normalized spacial score (nSPS) is 11.9. The average molecular weight is 442 g/mol. The molecule has 0 unspecified atom stereocenters. The second-order valence-corrected chi connectivity index (χ2v) is 8.25. The molecule has 30 heavy (non-hydrogen) atoms. The lowest BCUT2D eigenvalue weighted by Gasteiger charge is -2.16. The number of hydrogen-bond acceptors (Lipinski definition) is 4. The minimum Gasteiger partial charge on any atom is -0.355 e. The molecule has 0 saturated heterocycles. The van der Waals surface area contributed by atoms with Crippen molar-refractivity contribution < 1.29 is 4.79 Å². The summed E-state index contributed by atoms with van der Waals surface area (Å²) in [6.07, 6.45) is 2.57. The van der Waals surface area contributed by atoms with Gasteiger partial charge in [0, 0.05) is 24.0 Å². The van der Waals surface area contributed by atoms with E-state index in [4.69, 9.17) is 11.6 Å². The zero-order valence-electron chi connectivity index (χ0n) is 16.8. The van der Waals surface area contributed by atoms with E-state index in [2.05, 4.69) is 35.9 Å². The number of rotatable bonds is 9. The second-order valence-electron chi connectivity index (χ2n) is 6.87. The summed E-state index contributed by atoms with van der Waals surface area (Å²) in [4.78, 5) is 29.8. The number of fused-ring (bicyclic) bond motifs is 1. The minimum atomic E-state index is -0.172. The van der Waals surface area contributed by atoms with Crippen LogP contribution in [0.3, 0.4) is 0 Å². The van der Waals surface area contributed by atoms with Gasteiger partial charge in [-0.05, 0) is 30.2 Å². The highest BCUT2D eigenvalue weighted by Crippen LogP contribution is 2.21. The molecule has 0 radical (unpaired) electrons. The van der Waals surface area contributed by atoms with Crippen molar-refractivity contribution in [2.75, 3.05) is 12.3 Å². The molecule has 3 rings (SSSR count).